The molecule has 0 bridgehead atoms. The Morgan fingerprint density at radius 2 is 1.94 bits per heavy atom. The van der Waals surface area contributed by atoms with Crippen LogP contribution in [0.15, 0.2) is 50.4 Å². The average molecular weight is 283 g/mol. The first kappa shape index (κ1) is 13.0. The third-order valence-corrected chi connectivity index (χ3v) is 5.85. The molecule has 1 heterocycles. The number of rotatable bonds is 4. The third-order valence-electron chi connectivity index (χ3n) is 2.29. The van der Waals surface area contributed by atoms with Crippen molar-refractivity contribution in [3.8, 4) is 0 Å². The molecule has 0 aliphatic rings. The summed E-state index contributed by atoms with van der Waals surface area (Å²) in [5.74, 6) is 0. The molecule has 90 valence electrons. The maximum atomic E-state index is 12.2. The summed E-state index contributed by atoms with van der Waals surface area (Å²) in [5.41, 5.74) is 5.55. The second-order valence-corrected chi connectivity index (χ2v) is 7.12. The van der Waals surface area contributed by atoms with Gasteiger partial charge < -0.3 is 10.3 Å². The molecule has 5 heteroatoms. The van der Waals surface area contributed by atoms with Gasteiger partial charge in [0, 0.05) is 33.6 Å². The molecule has 2 aromatic rings. The van der Waals surface area contributed by atoms with E-state index in [4.69, 9.17) is 5.73 Å². The summed E-state index contributed by atoms with van der Waals surface area (Å²) in [7, 11) is 0. The highest BCUT2D eigenvalue weighted by molar-refractivity contribution is 7.98. The molecule has 17 heavy (non-hydrogen) atoms. The third kappa shape index (κ3) is 3.05. The van der Waals surface area contributed by atoms with E-state index in [9.17, 15) is 4.55 Å². The molecule has 2 N–H and O–H groups in total. The summed E-state index contributed by atoms with van der Waals surface area (Å²) in [6.07, 6.45) is 2.03. The largest absolute Gasteiger partial charge is 0.606 e. The molecule has 0 saturated carbocycles. The highest BCUT2D eigenvalue weighted by Gasteiger charge is 2.16. The Hall–Kier alpha value is -0.460. The lowest BCUT2D eigenvalue weighted by molar-refractivity contribution is 0.597. The number of benzene rings is 1. The second-order valence-electron chi connectivity index (χ2n) is 3.37. The average Bonchev–Trinajstić information content (AvgIpc) is 2.87. The van der Waals surface area contributed by atoms with Crippen LogP contribution in [0.4, 0.5) is 0 Å². The zero-order chi connectivity index (χ0) is 12.3. The van der Waals surface area contributed by atoms with E-state index in [0.717, 1.165) is 14.0 Å². The van der Waals surface area contributed by atoms with Gasteiger partial charge in [-0.05, 0) is 36.6 Å². The minimum absolute atomic E-state index is 0.507. The lowest BCUT2D eigenvalue weighted by Crippen LogP contribution is -1.99. The van der Waals surface area contributed by atoms with Crippen LogP contribution in [0.5, 0.6) is 0 Å². The highest BCUT2D eigenvalue weighted by atomic mass is 32.2. The van der Waals surface area contributed by atoms with E-state index in [1.54, 1.807) is 11.8 Å². The van der Waals surface area contributed by atoms with Crippen LogP contribution in [0.1, 0.15) is 4.88 Å². The Kier molecular flexibility index (Phi) is 4.53. The topological polar surface area (TPSA) is 49.1 Å². The van der Waals surface area contributed by atoms with Gasteiger partial charge in [0.1, 0.15) is 0 Å². The van der Waals surface area contributed by atoms with Gasteiger partial charge in [-0.25, -0.2) is 0 Å². The van der Waals surface area contributed by atoms with Crippen LogP contribution in [-0.2, 0) is 17.7 Å². The van der Waals surface area contributed by atoms with Gasteiger partial charge in [-0.1, -0.05) is 11.3 Å². The maximum Gasteiger partial charge on any atom is 0.212 e. The van der Waals surface area contributed by atoms with Gasteiger partial charge in [0.05, 0.1) is 0 Å². The molecule has 0 saturated heterocycles. The lowest BCUT2D eigenvalue weighted by atomic mass is 10.4. The van der Waals surface area contributed by atoms with E-state index in [1.165, 1.54) is 16.2 Å². The SMILES string of the molecule is CSc1ccc([S+]([O-])c2ccc(CN)s2)cc1. The normalized spacial score (nSPS) is 12.6. The first-order valence-corrected chi connectivity index (χ1v) is 8.28. The fourth-order valence-electron chi connectivity index (χ4n) is 1.38. The Bertz CT molecular complexity index is 481. The Morgan fingerprint density at radius 3 is 2.47 bits per heavy atom. The van der Waals surface area contributed by atoms with Gasteiger partial charge in [0.15, 0.2) is 4.90 Å². The summed E-state index contributed by atoms with van der Waals surface area (Å²) < 4.78 is 13.1. The van der Waals surface area contributed by atoms with E-state index in [1.807, 2.05) is 42.7 Å². The molecule has 0 radical (unpaired) electrons. The van der Waals surface area contributed by atoms with Gasteiger partial charge >= 0.3 is 0 Å². The number of thiophene rings is 1. The Labute approximate surface area is 112 Å². The molecule has 1 aromatic heterocycles. The van der Waals surface area contributed by atoms with E-state index >= 15 is 0 Å². The minimum atomic E-state index is -1.08. The molecule has 1 aromatic carbocycles. The maximum absolute atomic E-state index is 12.2. The quantitative estimate of drug-likeness (QED) is 0.693. The van der Waals surface area contributed by atoms with Crippen LogP contribution in [0, 0.1) is 0 Å². The fourth-order valence-corrected chi connectivity index (χ4v) is 4.12. The van der Waals surface area contributed by atoms with Gasteiger partial charge in [-0.2, -0.15) is 0 Å². The van der Waals surface area contributed by atoms with Crippen molar-refractivity contribution in [3.63, 3.8) is 0 Å². The predicted octanol–water partition coefficient (Wildman–Crippen LogP) is 3.10. The van der Waals surface area contributed by atoms with Crippen molar-refractivity contribution in [1.29, 1.82) is 0 Å². The first-order chi connectivity index (χ1) is 8.24. The van der Waals surface area contributed by atoms with Crippen LogP contribution >= 0.6 is 23.1 Å². The predicted molar refractivity (Wildman–Crippen MR) is 75.1 cm³/mol. The molecule has 0 aliphatic carbocycles. The molecule has 0 amide bonds. The van der Waals surface area contributed by atoms with Crippen LogP contribution in [0.2, 0.25) is 0 Å². The van der Waals surface area contributed by atoms with Crippen molar-refractivity contribution in [3.05, 3.63) is 41.3 Å². The lowest BCUT2D eigenvalue weighted by Gasteiger charge is -2.07. The van der Waals surface area contributed by atoms with E-state index in [-0.39, 0.29) is 0 Å². The molecule has 0 fully saturated rings. The van der Waals surface area contributed by atoms with Crippen LogP contribution in [0.25, 0.3) is 0 Å². The van der Waals surface area contributed by atoms with E-state index < -0.39 is 11.2 Å². The number of hydrogen-bond donors (Lipinski definition) is 1. The standard InChI is InChI=1S/C12H13NOS3/c1-15-9-2-5-11(6-3-9)17(14)12-7-4-10(8-13)16-12/h2-7H,8,13H2,1H3. The molecule has 1 unspecified atom stereocenters. The first-order valence-electron chi connectivity index (χ1n) is 5.09. The summed E-state index contributed by atoms with van der Waals surface area (Å²) in [6, 6.07) is 11.7. The van der Waals surface area contributed by atoms with Crippen molar-refractivity contribution < 1.29 is 4.55 Å². The van der Waals surface area contributed by atoms with Crippen LogP contribution in [-0.4, -0.2) is 10.8 Å². The van der Waals surface area contributed by atoms with Crippen LogP contribution < -0.4 is 5.73 Å². The number of thioether (sulfide) groups is 1. The molecule has 2 nitrogen and oxygen atoms in total. The summed E-state index contributed by atoms with van der Waals surface area (Å²) in [6.45, 7) is 0.507. The Morgan fingerprint density at radius 1 is 1.24 bits per heavy atom. The molecule has 1 atom stereocenters. The minimum Gasteiger partial charge on any atom is -0.606 e. The fraction of sp³-hybridized carbons (Fsp3) is 0.167. The van der Waals surface area contributed by atoms with Crippen molar-refractivity contribution in [2.75, 3.05) is 6.26 Å². The van der Waals surface area contributed by atoms with Gasteiger partial charge in [0.2, 0.25) is 4.21 Å². The van der Waals surface area contributed by atoms with Crippen molar-refractivity contribution in [2.24, 2.45) is 5.73 Å². The molecule has 2 rings (SSSR count). The number of hydrogen-bond acceptors (Lipinski definition) is 4. The number of nitrogens with two attached hydrogens (primary N) is 1. The van der Waals surface area contributed by atoms with Gasteiger partial charge in [-0.15, -0.1) is 11.8 Å². The van der Waals surface area contributed by atoms with Crippen molar-refractivity contribution >= 4 is 34.3 Å². The summed E-state index contributed by atoms with van der Waals surface area (Å²) >= 11 is 2.11. The van der Waals surface area contributed by atoms with Gasteiger partial charge in [0.25, 0.3) is 0 Å². The highest BCUT2D eigenvalue weighted by Crippen LogP contribution is 2.28. The second kappa shape index (κ2) is 5.93. The monoisotopic (exact) mass is 283 g/mol. The Balaban J connectivity index is 2.20. The smallest absolute Gasteiger partial charge is 0.212 e. The summed E-state index contributed by atoms with van der Waals surface area (Å²) in [5, 5.41) is 0. The van der Waals surface area contributed by atoms with Crippen molar-refractivity contribution in [1.82, 2.24) is 0 Å². The zero-order valence-corrected chi connectivity index (χ0v) is 11.8. The molecular weight excluding hydrogens is 270 g/mol. The molecular formula is C12H13NOS3. The van der Waals surface area contributed by atoms with E-state index in [2.05, 4.69) is 0 Å². The molecule has 0 spiro atoms. The zero-order valence-electron chi connectivity index (χ0n) is 9.38. The van der Waals surface area contributed by atoms with Crippen molar-refractivity contribution in [2.45, 2.75) is 20.5 Å². The van der Waals surface area contributed by atoms with Crippen LogP contribution in [0.3, 0.4) is 0 Å². The van der Waals surface area contributed by atoms with E-state index in [0.29, 0.717) is 6.54 Å². The molecule has 0 aliphatic heterocycles. The summed E-state index contributed by atoms with van der Waals surface area (Å²) in [4.78, 5) is 3.09. The van der Waals surface area contributed by atoms with Gasteiger partial charge in [-0.3, -0.25) is 0 Å².